The van der Waals surface area contributed by atoms with Crippen molar-refractivity contribution in [2.75, 3.05) is 86.8 Å². The summed E-state index contributed by atoms with van der Waals surface area (Å²) in [5.41, 5.74) is 1.29. The second kappa shape index (κ2) is 15.6. The van der Waals surface area contributed by atoms with Crippen molar-refractivity contribution in [2.24, 2.45) is 0 Å². The highest BCUT2D eigenvalue weighted by Crippen LogP contribution is 2.29. The monoisotopic (exact) mass is 541 g/mol. The number of rotatable bonds is 16. The summed E-state index contributed by atoms with van der Waals surface area (Å²) in [5.74, 6) is 0.441. The highest BCUT2D eigenvalue weighted by molar-refractivity contribution is 7.89. The molecule has 0 aliphatic carbocycles. The van der Waals surface area contributed by atoms with Crippen LogP contribution in [-0.2, 0) is 19.6 Å². The second-order valence-corrected chi connectivity index (χ2v) is 11.8. The number of aryl methyl sites for hydroxylation is 2. The predicted molar refractivity (Wildman–Crippen MR) is 147 cm³/mol. The number of methoxy groups -OCH3 is 1. The fourth-order valence-electron chi connectivity index (χ4n) is 4.71. The van der Waals surface area contributed by atoms with Crippen LogP contribution in [0.3, 0.4) is 0 Å². The Kier molecular flexibility index (Phi) is 13.3. The first-order chi connectivity index (χ1) is 17.6. The summed E-state index contributed by atoms with van der Waals surface area (Å²) < 4.78 is 39.7. The summed E-state index contributed by atoms with van der Waals surface area (Å²) >= 11 is 0. The van der Waals surface area contributed by atoms with Crippen LogP contribution in [0.2, 0.25) is 0 Å². The van der Waals surface area contributed by atoms with Crippen LogP contribution < -0.4 is 15.4 Å². The van der Waals surface area contributed by atoms with Crippen LogP contribution in [0.4, 0.5) is 0 Å². The van der Waals surface area contributed by atoms with Crippen LogP contribution in [0.25, 0.3) is 0 Å². The normalized spacial score (nSPS) is 16.9. The second-order valence-electron chi connectivity index (χ2n) is 9.93. The van der Waals surface area contributed by atoms with Crippen molar-refractivity contribution in [3.63, 3.8) is 0 Å². The predicted octanol–water partition coefficient (Wildman–Crippen LogP) is 1.07. The molecule has 0 spiro atoms. The number of amides is 1. The van der Waals surface area contributed by atoms with Crippen LogP contribution >= 0.6 is 0 Å². The molecule has 0 bridgehead atoms. The van der Waals surface area contributed by atoms with Crippen LogP contribution in [-0.4, -0.2) is 121 Å². The Morgan fingerprint density at radius 2 is 1.86 bits per heavy atom. The number of ether oxygens (including phenoxy) is 2. The topological polar surface area (TPSA) is 103 Å². The van der Waals surface area contributed by atoms with Gasteiger partial charge in [-0.3, -0.25) is 4.79 Å². The van der Waals surface area contributed by atoms with Crippen LogP contribution in [0, 0.1) is 13.8 Å². The van der Waals surface area contributed by atoms with Gasteiger partial charge in [0.2, 0.25) is 15.9 Å². The zero-order valence-corrected chi connectivity index (χ0v) is 24.3. The van der Waals surface area contributed by atoms with Crippen molar-refractivity contribution < 1.29 is 22.7 Å². The molecule has 1 atom stereocenters. The average Bonchev–Trinajstić information content (AvgIpc) is 2.83. The third-order valence-corrected chi connectivity index (χ3v) is 8.70. The van der Waals surface area contributed by atoms with Gasteiger partial charge in [0.15, 0.2) is 0 Å². The maximum Gasteiger partial charge on any atom is 0.246 e. The van der Waals surface area contributed by atoms with E-state index < -0.39 is 16.1 Å². The Morgan fingerprint density at radius 3 is 2.49 bits per heavy atom. The van der Waals surface area contributed by atoms with E-state index in [-0.39, 0.29) is 19.1 Å². The van der Waals surface area contributed by atoms with Crippen molar-refractivity contribution >= 4 is 15.9 Å². The molecule has 1 aromatic rings. The Bertz CT molecular complexity index is 934. The molecule has 1 aliphatic rings. The molecule has 10 nitrogen and oxygen atoms in total. The maximum absolute atomic E-state index is 13.6. The standard InChI is InChI=1S/C26H47N5O5S/c1-7-11-30(13-8-12-29(4)5)14-10-28-25(32)20-36-19-23-18-27-9-15-31(23)37(33,34)26-21(2)16-24(35-6)17-22(26)3/h16-17,23,27H,7-15,18-20H2,1-6H3,(H,28,32). The third kappa shape index (κ3) is 9.81. The van der Waals surface area contributed by atoms with E-state index in [1.54, 1.807) is 33.1 Å². The summed E-state index contributed by atoms with van der Waals surface area (Å²) in [5, 5.41) is 6.17. The van der Waals surface area contributed by atoms with Gasteiger partial charge in [-0.05, 0) is 83.7 Å². The van der Waals surface area contributed by atoms with Crippen molar-refractivity contribution in [3.8, 4) is 5.75 Å². The van der Waals surface area contributed by atoms with E-state index >= 15 is 0 Å². The molecule has 1 aliphatic heterocycles. The SMILES string of the molecule is CCCN(CCCN(C)C)CCNC(=O)COCC1CNCCN1S(=O)(=O)c1c(C)cc(OC)cc1C. The first-order valence-electron chi connectivity index (χ1n) is 13.2. The average molecular weight is 542 g/mol. The Morgan fingerprint density at radius 1 is 1.16 bits per heavy atom. The largest absolute Gasteiger partial charge is 0.497 e. The molecular weight excluding hydrogens is 494 g/mol. The number of carbonyl (C=O) groups excluding carboxylic acids is 1. The molecule has 1 unspecified atom stereocenters. The molecule has 0 saturated carbocycles. The van der Waals surface area contributed by atoms with Gasteiger partial charge in [-0.15, -0.1) is 0 Å². The first kappa shape index (κ1) is 31.5. The van der Waals surface area contributed by atoms with Crippen LogP contribution in [0.15, 0.2) is 17.0 Å². The lowest BCUT2D eigenvalue weighted by molar-refractivity contribution is -0.126. The molecule has 1 amide bonds. The van der Waals surface area contributed by atoms with Crippen molar-refractivity contribution in [1.82, 2.24) is 24.7 Å². The molecule has 2 rings (SSSR count). The molecule has 0 radical (unpaired) electrons. The lowest BCUT2D eigenvalue weighted by atomic mass is 10.1. The molecule has 1 fully saturated rings. The smallest absolute Gasteiger partial charge is 0.246 e. The first-order valence-corrected chi connectivity index (χ1v) is 14.6. The number of nitrogens with one attached hydrogen (secondary N) is 2. The number of nitrogens with zero attached hydrogens (tertiary/aromatic N) is 3. The zero-order valence-electron chi connectivity index (χ0n) is 23.5. The quantitative estimate of drug-likeness (QED) is 0.320. The number of benzene rings is 1. The molecule has 2 N–H and O–H groups in total. The van der Waals surface area contributed by atoms with E-state index in [0.717, 1.165) is 39.0 Å². The van der Waals surface area contributed by atoms with Gasteiger partial charge in [-0.1, -0.05) is 6.92 Å². The van der Waals surface area contributed by atoms with Gasteiger partial charge in [0.05, 0.1) is 24.7 Å². The fourth-order valence-corrected chi connectivity index (χ4v) is 6.73. The number of carbonyl (C=O) groups is 1. The van der Waals surface area contributed by atoms with Crippen LogP contribution in [0.5, 0.6) is 5.75 Å². The number of hydrogen-bond acceptors (Lipinski definition) is 8. The highest BCUT2D eigenvalue weighted by atomic mass is 32.2. The van der Waals surface area contributed by atoms with Crippen molar-refractivity contribution in [2.45, 2.75) is 44.6 Å². The molecule has 1 aromatic carbocycles. The molecule has 0 aromatic heterocycles. The Labute approximate surface area is 223 Å². The van der Waals surface area contributed by atoms with Gasteiger partial charge in [-0.2, -0.15) is 4.31 Å². The van der Waals surface area contributed by atoms with E-state index in [4.69, 9.17) is 9.47 Å². The van der Waals surface area contributed by atoms with E-state index in [9.17, 15) is 13.2 Å². The summed E-state index contributed by atoms with van der Waals surface area (Å²) in [6, 6.07) is 3.08. The number of sulfonamides is 1. The van der Waals surface area contributed by atoms with Gasteiger partial charge in [0.25, 0.3) is 0 Å². The molecule has 1 heterocycles. The highest BCUT2D eigenvalue weighted by Gasteiger charge is 2.35. The van der Waals surface area contributed by atoms with Gasteiger partial charge in [0.1, 0.15) is 12.4 Å². The van der Waals surface area contributed by atoms with Gasteiger partial charge in [0, 0.05) is 32.7 Å². The Hall–Kier alpha value is -1.76. The maximum atomic E-state index is 13.6. The molecule has 212 valence electrons. The van der Waals surface area contributed by atoms with E-state index in [1.807, 2.05) is 0 Å². The Balaban J connectivity index is 1.88. The molecule has 1 saturated heterocycles. The minimum atomic E-state index is -3.74. The summed E-state index contributed by atoms with van der Waals surface area (Å²) in [7, 11) is 1.97. The van der Waals surface area contributed by atoms with E-state index in [1.165, 1.54) is 4.31 Å². The van der Waals surface area contributed by atoms with Crippen molar-refractivity contribution in [1.29, 1.82) is 0 Å². The summed E-state index contributed by atoms with van der Waals surface area (Å²) in [4.78, 5) is 17.2. The molecular formula is C26H47N5O5S. The van der Waals surface area contributed by atoms with Gasteiger partial charge < -0.3 is 29.9 Å². The van der Waals surface area contributed by atoms with E-state index in [0.29, 0.717) is 48.0 Å². The zero-order chi connectivity index (χ0) is 27.4. The lowest BCUT2D eigenvalue weighted by Crippen LogP contribution is -2.55. The van der Waals surface area contributed by atoms with Gasteiger partial charge >= 0.3 is 0 Å². The lowest BCUT2D eigenvalue weighted by Gasteiger charge is -2.35. The molecule has 11 heteroatoms. The number of hydrogen-bond donors (Lipinski definition) is 2. The van der Waals surface area contributed by atoms with Gasteiger partial charge in [-0.25, -0.2) is 8.42 Å². The third-order valence-electron chi connectivity index (χ3n) is 6.45. The minimum absolute atomic E-state index is 0.0978. The van der Waals surface area contributed by atoms with E-state index in [2.05, 4.69) is 41.5 Å². The van der Waals surface area contributed by atoms with Crippen LogP contribution in [0.1, 0.15) is 30.9 Å². The minimum Gasteiger partial charge on any atom is -0.497 e. The number of piperazine rings is 1. The summed E-state index contributed by atoms with van der Waals surface area (Å²) in [6.45, 7) is 11.5. The summed E-state index contributed by atoms with van der Waals surface area (Å²) in [6.07, 6.45) is 2.16. The fraction of sp³-hybridized carbons (Fsp3) is 0.731. The molecule has 37 heavy (non-hydrogen) atoms. The van der Waals surface area contributed by atoms with Crippen molar-refractivity contribution in [3.05, 3.63) is 23.3 Å².